The molecule has 2 aliphatic heterocycles. The summed E-state index contributed by atoms with van der Waals surface area (Å²) in [7, 11) is 0. The van der Waals surface area contributed by atoms with E-state index < -0.39 is 6.23 Å². The Balaban J connectivity index is 1.22. The minimum atomic E-state index is -0.402. The third-order valence-corrected chi connectivity index (χ3v) is 8.12. The van der Waals surface area contributed by atoms with Gasteiger partial charge >= 0.3 is 0 Å². The number of aryl methyl sites for hydroxylation is 1. The lowest BCUT2D eigenvalue weighted by Crippen LogP contribution is -2.51. The molecular formula is C28H35N5O2S. The van der Waals surface area contributed by atoms with Crippen LogP contribution in [0.3, 0.4) is 0 Å². The van der Waals surface area contributed by atoms with E-state index in [9.17, 15) is 9.90 Å². The SMILES string of the molecule is Cc1ccc(NC2CNC2)cc1C(=O)N[C@H](C)c1cccc(-c2ccc(CN[C@H]3CN[C@@H](O)C3)s2)c1. The van der Waals surface area contributed by atoms with Crippen LogP contribution < -0.4 is 26.6 Å². The third kappa shape index (κ3) is 5.96. The van der Waals surface area contributed by atoms with Crippen molar-refractivity contribution in [2.24, 2.45) is 0 Å². The number of carbonyl (C=O) groups excluding carboxylic acids is 1. The Kier molecular flexibility index (Phi) is 7.69. The molecule has 5 rings (SSSR count). The predicted octanol–water partition coefficient (Wildman–Crippen LogP) is 3.37. The van der Waals surface area contributed by atoms with E-state index in [-0.39, 0.29) is 11.9 Å². The van der Waals surface area contributed by atoms with Gasteiger partial charge < -0.3 is 26.4 Å². The molecule has 0 saturated carbocycles. The van der Waals surface area contributed by atoms with Crippen molar-refractivity contribution in [3.05, 3.63) is 76.2 Å². The van der Waals surface area contributed by atoms with Crippen LogP contribution in [0.25, 0.3) is 10.4 Å². The highest BCUT2D eigenvalue weighted by Gasteiger charge is 2.21. The number of rotatable bonds is 9. The second kappa shape index (κ2) is 11.1. The Bertz CT molecular complexity index is 1210. The molecule has 3 heterocycles. The van der Waals surface area contributed by atoms with Crippen LogP contribution in [0.2, 0.25) is 0 Å². The van der Waals surface area contributed by atoms with Crippen molar-refractivity contribution in [2.45, 2.75) is 51.2 Å². The van der Waals surface area contributed by atoms with Crippen LogP contribution in [0.1, 0.15) is 45.7 Å². The van der Waals surface area contributed by atoms with Gasteiger partial charge in [0, 0.05) is 59.6 Å². The van der Waals surface area contributed by atoms with Gasteiger partial charge in [0.15, 0.2) is 0 Å². The maximum absolute atomic E-state index is 13.2. The molecule has 0 aliphatic carbocycles. The number of anilines is 1. The molecule has 2 fully saturated rings. The van der Waals surface area contributed by atoms with E-state index in [0.29, 0.717) is 17.6 Å². The summed E-state index contributed by atoms with van der Waals surface area (Å²) in [6, 6.07) is 19.3. The average molecular weight is 506 g/mol. The fraction of sp³-hybridized carbons (Fsp3) is 0.393. The Labute approximate surface area is 216 Å². The number of carbonyl (C=O) groups is 1. The van der Waals surface area contributed by atoms with Crippen molar-refractivity contribution in [1.82, 2.24) is 21.3 Å². The molecule has 0 unspecified atom stereocenters. The number of aliphatic hydroxyl groups is 1. The van der Waals surface area contributed by atoms with Crippen LogP contribution in [0.15, 0.2) is 54.6 Å². The van der Waals surface area contributed by atoms with E-state index in [2.05, 4.69) is 63.0 Å². The molecule has 8 heteroatoms. The number of nitrogens with one attached hydrogen (secondary N) is 5. The largest absolute Gasteiger partial charge is 0.380 e. The second-order valence-electron chi connectivity index (χ2n) is 9.85. The van der Waals surface area contributed by atoms with Crippen molar-refractivity contribution in [1.29, 1.82) is 0 Å². The van der Waals surface area contributed by atoms with Gasteiger partial charge in [0.1, 0.15) is 6.23 Å². The molecule has 0 radical (unpaired) electrons. The van der Waals surface area contributed by atoms with Crippen LogP contribution in [0.4, 0.5) is 5.69 Å². The minimum absolute atomic E-state index is 0.0585. The van der Waals surface area contributed by atoms with Crippen LogP contribution in [0, 0.1) is 6.92 Å². The maximum Gasteiger partial charge on any atom is 0.252 e. The fourth-order valence-corrected chi connectivity index (χ4v) is 5.60. The number of thiophene rings is 1. The molecule has 1 aromatic heterocycles. The summed E-state index contributed by atoms with van der Waals surface area (Å²) in [6.07, 6.45) is 0.336. The Hall–Kier alpha value is -2.75. The highest BCUT2D eigenvalue weighted by molar-refractivity contribution is 7.15. The molecule has 3 atom stereocenters. The van der Waals surface area contributed by atoms with E-state index in [4.69, 9.17) is 0 Å². The number of hydrogen-bond donors (Lipinski definition) is 6. The first-order valence-electron chi connectivity index (χ1n) is 12.7. The first-order valence-corrected chi connectivity index (χ1v) is 13.5. The monoisotopic (exact) mass is 505 g/mol. The lowest BCUT2D eigenvalue weighted by atomic mass is 10.0. The van der Waals surface area contributed by atoms with Gasteiger partial charge in [-0.05, 0) is 60.9 Å². The van der Waals surface area contributed by atoms with Gasteiger partial charge in [-0.25, -0.2) is 0 Å². The van der Waals surface area contributed by atoms with Crippen molar-refractivity contribution in [3.63, 3.8) is 0 Å². The van der Waals surface area contributed by atoms with E-state index in [1.165, 1.54) is 9.75 Å². The molecule has 6 N–H and O–H groups in total. The first-order chi connectivity index (χ1) is 17.4. The Morgan fingerprint density at radius 1 is 1.11 bits per heavy atom. The van der Waals surface area contributed by atoms with Crippen LogP contribution >= 0.6 is 11.3 Å². The molecule has 0 bridgehead atoms. The minimum Gasteiger partial charge on any atom is -0.380 e. The highest BCUT2D eigenvalue weighted by atomic mass is 32.1. The zero-order valence-corrected chi connectivity index (χ0v) is 21.6. The molecule has 2 aromatic carbocycles. The summed E-state index contributed by atoms with van der Waals surface area (Å²) in [5, 5.41) is 26.1. The summed E-state index contributed by atoms with van der Waals surface area (Å²) < 4.78 is 0. The van der Waals surface area contributed by atoms with Crippen LogP contribution in [0.5, 0.6) is 0 Å². The summed E-state index contributed by atoms with van der Waals surface area (Å²) in [4.78, 5) is 15.6. The molecule has 190 valence electrons. The van der Waals surface area contributed by atoms with E-state index in [1.807, 2.05) is 32.0 Å². The summed E-state index contributed by atoms with van der Waals surface area (Å²) in [6.45, 7) is 7.50. The zero-order chi connectivity index (χ0) is 25.1. The standard InChI is InChI=1S/C28H35N5O2S/c1-17-6-7-21(33-23-13-29-14-23)11-25(17)28(35)32-18(2)19-4-3-5-20(10-19)26-9-8-24(36-26)16-30-22-12-27(34)31-15-22/h3-11,18,22-23,27,29-31,33-34H,12-16H2,1-2H3,(H,32,35)/t18-,22-,27+/m1/s1. The van der Waals surface area contributed by atoms with Crippen molar-refractivity contribution < 1.29 is 9.90 Å². The number of aliphatic hydroxyl groups excluding tert-OH is 1. The topological polar surface area (TPSA) is 97.5 Å². The average Bonchev–Trinajstić information content (AvgIpc) is 3.50. The summed E-state index contributed by atoms with van der Waals surface area (Å²) in [5.74, 6) is -0.0585. The summed E-state index contributed by atoms with van der Waals surface area (Å²) >= 11 is 1.77. The van der Waals surface area contributed by atoms with Gasteiger partial charge in [-0.3, -0.25) is 10.1 Å². The van der Waals surface area contributed by atoms with Gasteiger partial charge in [0.05, 0.1) is 12.1 Å². The Morgan fingerprint density at radius 3 is 2.72 bits per heavy atom. The van der Waals surface area contributed by atoms with Gasteiger partial charge in [0.25, 0.3) is 5.91 Å². The molecule has 1 amide bonds. The van der Waals surface area contributed by atoms with Crippen molar-refractivity contribution in [3.8, 4) is 10.4 Å². The predicted molar refractivity (Wildman–Crippen MR) is 146 cm³/mol. The molecule has 36 heavy (non-hydrogen) atoms. The normalized spacial score (nSPS) is 20.6. The van der Waals surface area contributed by atoms with Crippen molar-refractivity contribution >= 4 is 22.9 Å². The highest BCUT2D eigenvalue weighted by Crippen LogP contribution is 2.30. The van der Waals surface area contributed by atoms with Crippen LogP contribution in [-0.2, 0) is 6.54 Å². The molecule has 0 spiro atoms. The molecule has 7 nitrogen and oxygen atoms in total. The first kappa shape index (κ1) is 24.9. The third-order valence-electron chi connectivity index (χ3n) is 6.99. The lowest BCUT2D eigenvalue weighted by Gasteiger charge is -2.29. The van der Waals surface area contributed by atoms with Gasteiger partial charge in [-0.2, -0.15) is 0 Å². The van der Waals surface area contributed by atoms with Gasteiger partial charge in [0.2, 0.25) is 0 Å². The van der Waals surface area contributed by atoms with Gasteiger partial charge in [-0.1, -0.05) is 24.3 Å². The smallest absolute Gasteiger partial charge is 0.252 e. The molecular weight excluding hydrogens is 470 g/mol. The fourth-order valence-electron chi connectivity index (χ4n) is 4.64. The molecule has 2 saturated heterocycles. The lowest BCUT2D eigenvalue weighted by molar-refractivity contribution is 0.0939. The zero-order valence-electron chi connectivity index (χ0n) is 20.8. The molecule has 2 aliphatic rings. The van der Waals surface area contributed by atoms with E-state index in [0.717, 1.165) is 55.0 Å². The number of amides is 1. The van der Waals surface area contributed by atoms with Gasteiger partial charge in [-0.15, -0.1) is 11.3 Å². The number of hydrogen-bond acceptors (Lipinski definition) is 7. The molecule has 3 aromatic rings. The number of benzene rings is 2. The van der Waals surface area contributed by atoms with Crippen molar-refractivity contribution in [2.75, 3.05) is 25.0 Å². The van der Waals surface area contributed by atoms with E-state index in [1.54, 1.807) is 11.3 Å². The Morgan fingerprint density at radius 2 is 1.97 bits per heavy atom. The second-order valence-corrected chi connectivity index (χ2v) is 11.0. The van der Waals surface area contributed by atoms with E-state index >= 15 is 0 Å². The summed E-state index contributed by atoms with van der Waals surface area (Å²) in [5.41, 5.74) is 4.88. The maximum atomic E-state index is 13.2. The van der Waals surface area contributed by atoms with Crippen LogP contribution in [-0.4, -0.2) is 49.0 Å². The quantitative estimate of drug-likeness (QED) is 0.267.